The van der Waals surface area contributed by atoms with E-state index in [4.69, 9.17) is 0 Å². The van der Waals surface area contributed by atoms with Crippen molar-refractivity contribution in [2.45, 2.75) is 51.0 Å². The van der Waals surface area contributed by atoms with Gasteiger partial charge in [-0.25, -0.2) is 0 Å². The molecule has 1 unspecified atom stereocenters. The first-order chi connectivity index (χ1) is 8.99. The van der Waals surface area contributed by atoms with Gasteiger partial charge >= 0.3 is 0 Å². The normalized spacial score (nSPS) is 16.5. The van der Waals surface area contributed by atoms with E-state index in [0.717, 1.165) is 19.4 Å². The number of halogens is 1. The molecule has 3 heteroatoms. The minimum absolute atomic E-state index is 0.0714. The van der Waals surface area contributed by atoms with Crippen molar-refractivity contribution in [3.63, 3.8) is 0 Å². The minimum atomic E-state index is -0.0714. The molecule has 2 nitrogen and oxygen atoms in total. The summed E-state index contributed by atoms with van der Waals surface area (Å²) in [6, 6.07) is 8.88. The fourth-order valence-corrected chi connectivity index (χ4v) is 2.49. The number of carbonyl (C=O) groups is 1. The number of benzene rings is 1. The number of carbonyl (C=O) groups excluding carboxylic acids is 1. The summed E-state index contributed by atoms with van der Waals surface area (Å²) in [6.07, 6.45) is 2.30. The zero-order chi connectivity index (χ0) is 14.0. The van der Waals surface area contributed by atoms with Crippen LogP contribution >= 0.6 is 15.9 Å². The highest BCUT2D eigenvalue weighted by Crippen LogP contribution is 2.31. The Hall–Kier alpha value is -0.830. The highest BCUT2D eigenvalue weighted by molar-refractivity contribution is 9.10. The number of hydrogen-bond acceptors (Lipinski definition) is 1. The Bertz CT molecular complexity index is 454. The van der Waals surface area contributed by atoms with Crippen molar-refractivity contribution in [3.8, 4) is 0 Å². The standard InChI is InChI=1S/C16H22BrNO/c1-11(2)15(17)16(19)18(14-7-8-14)10-13-6-4-5-12(3)9-13/h4-6,9,11,14-15H,7-8,10H2,1-3H3. The summed E-state index contributed by atoms with van der Waals surface area (Å²) < 4.78 is 0. The second-order valence-electron chi connectivity index (χ2n) is 5.83. The summed E-state index contributed by atoms with van der Waals surface area (Å²) >= 11 is 3.54. The van der Waals surface area contributed by atoms with Crippen molar-refractivity contribution >= 4 is 21.8 Å². The molecule has 1 aromatic rings. The van der Waals surface area contributed by atoms with Gasteiger partial charge in [-0.1, -0.05) is 59.6 Å². The van der Waals surface area contributed by atoms with E-state index in [1.807, 2.05) is 4.90 Å². The molecule has 0 radical (unpaired) electrons. The van der Waals surface area contributed by atoms with Crippen LogP contribution in [0.15, 0.2) is 24.3 Å². The highest BCUT2D eigenvalue weighted by atomic mass is 79.9. The van der Waals surface area contributed by atoms with E-state index in [0.29, 0.717) is 12.0 Å². The molecule has 104 valence electrons. The second-order valence-corrected chi connectivity index (χ2v) is 6.82. The van der Waals surface area contributed by atoms with Crippen molar-refractivity contribution < 1.29 is 4.79 Å². The predicted molar refractivity (Wildman–Crippen MR) is 82.3 cm³/mol. The number of hydrogen-bond donors (Lipinski definition) is 0. The average molecular weight is 324 g/mol. The summed E-state index contributed by atoms with van der Waals surface area (Å²) in [4.78, 5) is 14.5. The van der Waals surface area contributed by atoms with Crippen LogP contribution in [-0.2, 0) is 11.3 Å². The van der Waals surface area contributed by atoms with Gasteiger partial charge in [0, 0.05) is 12.6 Å². The molecular formula is C16H22BrNO. The summed E-state index contributed by atoms with van der Waals surface area (Å²) in [7, 11) is 0. The van der Waals surface area contributed by atoms with Crippen LogP contribution < -0.4 is 0 Å². The van der Waals surface area contributed by atoms with Crippen LogP contribution in [0.2, 0.25) is 0 Å². The molecule has 1 atom stereocenters. The van der Waals surface area contributed by atoms with Gasteiger partial charge in [-0.3, -0.25) is 4.79 Å². The Labute approximate surface area is 124 Å². The van der Waals surface area contributed by atoms with Gasteiger partial charge < -0.3 is 4.90 Å². The Morgan fingerprint density at radius 2 is 2.11 bits per heavy atom. The lowest BCUT2D eigenvalue weighted by molar-refractivity contribution is -0.132. The highest BCUT2D eigenvalue weighted by Gasteiger charge is 2.35. The number of amides is 1. The van der Waals surface area contributed by atoms with E-state index in [-0.39, 0.29) is 10.7 Å². The first kappa shape index (κ1) is 14.6. The molecule has 0 heterocycles. The van der Waals surface area contributed by atoms with Gasteiger partial charge in [-0.05, 0) is 31.2 Å². The lowest BCUT2D eigenvalue weighted by Crippen LogP contribution is -2.39. The van der Waals surface area contributed by atoms with Crippen LogP contribution in [0.3, 0.4) is 0 Å². The van der Waals surface area contributed by atoms with Crippen LogP contribution in [0.5, 0.6) is 0 Å². The number of aryl methyl sites for hydroxylation is 1. The fourth-order valence-electron chi connectivity index (χ4n) is 2.22. The topological polar surface area (TPSA) is 20.3 Å². The summed E-state index contributed by atoms with van der Waals surface area (Å²) in [5, 5.41) is 0. The quantitative estimate of drug-likeness (QED) is 0.752. The maximum atomic E-state index is 12.5. The summed E-state index contributed by atoms with van der Waals surface area (Å²) in [5.74, 6) is 0.560. The maximum absolute atomic E-state index is 12.5. The van der Waals surface area contributed by atoms with Crippen LogP contribution in [0, 0.1) is 12.8 Å². The molecule has 0 spiro atoms. The second kappa shape index (κ2) is 6.08. The molecule has 0 aliphatic heterocycles. The van der Waals surface area contributed by atoms with Crippen molar-refractivity contribution in [1.82, 2.24) is 4.90 Å². The van der Waals surface area contributed by atoms with Gasteiger partial charge in [0.05, 0.1) is 4.83 Å². The third-order valence-corrected chi connectivity index (χ3v) is 4.98. The van der Waals surface area contributed by atoms with Crippen molar-refractivity contribution in [2.75, 3.05) is 0 Å². The monoisotopic (exact) mass is 323 g/mol. The molecule has 1 aliphatic rings. The largest absolute Gasteiger partial charge is 0.334 e. The number of alkyl halides is 1. The first-order valence-corrected chi connectivity index (χ1v) is 7.90. The van der Waals surface area contributed by atoms with Gasteiger partial charge in [0.25, 0.3) is 0 Å². The molecule has 1 aromatic carbocycles. The summed E-state index contributed by atoms with van der Waals surface area (Å²) in [5.41, 5.74) is 2.48. The van der Waals surface area contributed by atoms with Gasteiger partial charge in [0.15, 0.2) is 0 Å². The van der Waals surface area contributed by atoms with Crippen molar-refractivity contribution in [3.05, 3.63) is 35.4 Å². The van der Waals surface area contributed by atoms with Crippen molar-refractivity contribution in [1.29, 1.82) is 0 Å². The fraction of sp³-hybridized carbons (Fsp3) is 0.562. The third-order valence-electron chi connectivity index (χ3n) is 3.53. The molecule has 0 aromatic heterocycles. The van der Waals surface area contributed by atoms with Crippen LogP contribution in [0.1, 0.15) is 37.8 Å². The molecule has 1 amide bonds. The molecule has 1 fully saturated rings. The van der Waals surface area contributed by atoms with E-state index >= 15 is 0 Å². The van der Waals surface area contributed by atoms with Crippen molar-refractivity contribution in [2.24, 2.45) is 5.92 Å². The molecule has 19 heavy (non-hydrogen) atoms. The lowest BCUT2D eigenvalue weighted by Gasteiger charge is -2.26. The zero-order valence-corrected chi connectivity index (χ0v) is 13.5. The number of nitrogens with zero attached hydrogens (tertiary/aromatic N) is 1. The van der Waals surface area contributed by atoms with Gasteiger partial charge in [0.2, 0.25) is 5.91 Å². The Balaban J connectivity index is 2.10. The average Bonchev–Trinajstić information content (AvgIpc) is 3.18. The van der Waals surface area contributed by atoms with Gasteiger partial charge in [-0.15, -0.1) is 0 Å². The summed E-state index contributed by atoms with van der Waals surface area (Å²) in [6.45, 7) is 6.98. The smallest absolute Gasteiger partial charge is 0.237 e. The van der Waals surface area contributed by atoms with Crippen LogP contribution in [0.25, 0.3) is 0 Å². The van der Waals surface area contributed by atoms with Crippen LogP contribution in [0.4, 0.5) is 0 Å². The molecule has 0 bridgehead atoms. The molecule has 2 rings (SSSR count). The van der Waals surface area contributed by atoms with E-state index in [9.17, 15) is 4.79 Å². The van der Waals surface area contributed by atoms with Gasteiger partial charge in [-0.2, -0.15) is 0 Å². The van der Waals surface area contributed by atoms with E-state index < -0.39 is 0 Å². The molecular weight excluding hydrogens is 302 g/mol. The third kappa shape index (κ3) is 3.82. The predicted octanol–water partition coefficient (Wildman–Crippen LogP) is 3.91. The number of rotatable bonds is 5. The molecule has 1 saturated carbocycles. The van der Waals surface area contributed by atoms with Gasteiger partial charge in [0.1, 0.15) is 0 Å². The first-order valence-electron chi connectivity index (χ1n) is 6.99. The Kier molecular flexibility index (Phi) is 4.67. The van der Waals surface area contributed by atoms with E-state index in [1.54, 1.807) is 0 Å². The maximum Gasteiger partial charge on any atom is 0.237 e. The minimum Gasteiger partial charge on any atom is -0.334 e. The SMILES string of the molecule is Cc1cccc(CN(C(=O)C(Br)C(C)C)C2CC2)c1. The Morgan fingerprint density at radius 3 is 2.63 bits per heavy atom. The molecule has 0 saturated heterocycles. The molecule has 0 N–H and O–H groups in total. The van der Waals surface area contributed by atoms with E-state index in [1.165, 1.54) is 11.1 Å². The van der Waals surface area contributed by atoms with Crippen LogP contribution in [-0.4, -0.2) is 21.7 Å². The lowest BCUT2D eigenvalue weighted by atomic mass is 10.1. The molecule has 1 aliphatic carbocycles. The van der Waals surface area contributed by atoms with E-state index in [2.05, 4.69) is 61.0 Å². The Morgan fingerprint density at radius 1 is 1.42 bits per heavy atom. The zero-order valence-electron chi connectivity index (χ0n) is 11.9.